The fourth-order valence-corrected chi connectivity index (χ4v) is 6.36. The van der Waals surface area contributed by atoms with Crippen molar-refractivity contribution < 1.29 is 20.4 Å². The number of hydrogen-bond acceptors (Lipinski definition) is 4. The highest BCUT2D eigenvalue weighted by atomic mass is 16.3. The van der Waals surface area contributed by atoms with Crippen molar-refractivity contribution in [3.8, 4) is 0 Å². The Balaban J connectivity index is 1.96. The maximum Gasteiger partial charge on any atom is 0.0858 e. The number of aliphatic hydroxyl groups is 4. The molecular weight excluding hydrogens is 304 g/mol. The summed E-state index contributed by atoms with van der Waals surface area (Å²) in [5.41, 5.74) is 0.724. The summed E-state index contributed by atoms with van der Waals surface area (Å²) in [5, 5.41) is 40.6. The Bertz CT molecular complexity index is 528. The molecule has 0 aromatic heterocycles. The predicted molar refractivity (Wildman–Crippen MR) is 93.2 cm³/mol. The molecule has 3 aliphatic carbocycles. The van der Waals surface area contributed by atoms with Gasteiger partial charge in [0.15, 0.2) is 0 Å². The molecule has 4 heteroatoms. The molecule has 3 aliphatic rings. The smallest absolute Gasteiger partial charge is 0.0858 e. The van der Waals surface area contributed by atoms with Gasteiger partial charge in [-0.3, -0.25) is 0 Å². The lowest BCUT2D eigenvalue weighted by atomic mass is 9.44. The van der Waals surface area contributed by atoms with Gasteiger partial charge in [-0.05, 0) is 54.8 Å². The zero-order valence-electron chi connectivity index (χ0n) is 15.5. The zero-order chi connectivity index (χ0) is 17.9. The lowest BCUT2D eigenvalue weighted by molar-refractivity contribution is -0.182. The molecule has 2 fully saturated rings. The molecule has 0 amide bonds. The molecule has 4 N–H and O–H groups in total. The molecule has 7 atom stereocenters. The molecule has 24 heavy (non-hydrogen) atoms. The minimum Gasteiger partial charge on any atom is -0.394 e. The first-order valence-corrected chi connectivity index (χ1v) is 9.43. The standard InChI is InChI=1S/C20H34O4/c1-18(2)15-6-5-12-9-19(3,16(23)11-21)8-7-13(12)20(15,4)10-14(22)17(18)24/h9,13-17,21-24H,5-8,10-11H2,1-4H3. The Kier molecular flexibility index (Phi) is 4.44. The summed E-state index contributed by atoms with van der Waals surface area (Å²) in [6.07, 6.45) is 4.65. The van der Waals surface area contributed by atoms with Gasteiger partial charge in [0, 0.05) is 5.41 Å². The van der Waals surface area contributed by atoms with Gasteiger partial charge in [0.05, 0.1) is 24.9 Å². The topological polar surface area (TPSA) is 80.9 Å². The molecule has 4 nitrogen and oxygen atoms in total. The third kappa shape index (κ3) is 2.49. The summed E-state index contributed by atoms with van der Waals surface area (Å²) in [6.45, 7) is 8.31. The lowest BCUT2D eigenvalue weighted by Gasteiger charge is -2.62. The molecule has 0 aromatic rings. The third-order valence-corrected chi connectivity index (χ3v) is 7.86. The monoisotopic (exact) mass is 338 g/mol. The van der Waals surface area contributed by atoms with E-state index in [-0.39, 0.29) is 22.9 Å². The van der Waals surface area contributed by atoms with E-state index in [0.29, 0.717) is 18.3 Å². The van der Waals surface area contributed by atoms with Crippen LogP contribution >= 0.6 is 0 Å². The SMILES string of the molecule is CC1(C(O)CO)C=C2CCC3C(C)(C)C(O)C(O)CC3(C)C2CC1. The quantitative estimate of drug-likeness (QED) is 0.582. The number of fused-ring (bicyclic) bond motifs is 3. The van der Waals surface area contributed by atoms with Crippen molar-refractivity contribution in [1.82, 2.24) is 0 Å². The van der Waals surface area contributed by atoms with Crippen LogP contribution in [0.15, 0.2) is 11.6 Å². The van der Waals surface area contributed by atoms with Crippen LogP contribution in [0, 0.1) is 28.1 Å². The number of rotatable bonds is 2. The second kappa shape index (κ2) is 5.80. The van der Waals surface area contributed by atoms with Crippen LogP contribution in [0.1, 0.15) is 59.8 Å². The van der Waals surface area contributed by atoms with E-state index in [1.165, 1.54) is 5.57 Å². The van der Waals surface area contributed by atoms with Gasteiger partial charge in [-0.15, -0.1) is 0 Å². The van der Waals surface area contributed by atoms with E-state index in [2.05, 4.69) is 26.8 Å². The normalized spacial score (nSPS) is 48.9. The summed E-state index contributed by atoms with van der Waals surface area (Å²) >= 11 is 0. The Morgan fingerprint density at radius 1 is 1.17 bits per heavy atom. The second-order valence-corrected chi connectivity index (χ2v) is 9.65. The molecule has 0 spiro atoms. The first kappa shape index (κ1) is 18.4. The van der Waals surface area contributed by atoms with Crippen LogP contribution in [0.4, 0.5) is 0 Å². The predicted octanol–water partition coefficient (Wildman–Crippen LogP) is 2.25. The molecule has 0 heterocycles. The van der Waals surface area contributed by atoms with Crippen LogP contribution in [0.3, 0.4) is 0 Å². The van der Waals surface area contributed by atoms with E-state index in [0.717, 1.165) is 25.7 Å². The van der Waals surface area contributed by atoms with Crippen LogP contribution < -0.4 is 0 Å². The Morgan fingerprint density at radius 2 is 1.83 bits per heavy atom. The van der Waals surface area contributed by atoms with E-state index < -0.39 is 18.3 Å². The first-order chi connectivity index (χ1) is 11.1. The fourth-order valence-electron chi connectivity index (χ4n) is 6.36. The van der Waals surface area contributed by atoms with Crippen LogP contribution in [0.2, 0.25) is 0 Å². The maximum absolute atomic E-state index is 10.5. The fraction of sp³-hybridized carbons (Fsp3) is 0.900. The molecule has 2 saturated carbocycles. The van der Waals surface area contributed by atoms with E-state index >= 15 is 0 Å². The molecule has 0 aliphatic heterocycles. The van der Waals surface area contributed by atoms with E-state index in [9.17, 15) is 20.4 Å². The Morgan fingerprint density at radius 3 is 2.46 bits per heavy atom. The van der Waals surface area contributed by atoms with E-state index in [1.807, 2.05) is 6.92 Å². The van der Waals surface area contributed by atoms with Crippen molar-refractivity contribution in [1.29, 1.82) is 0 Å². The molecule has 138 valence electrons. The summed E-state index contributed by atoms with van der Waals surface area (Å²) in [7, 11) is 0. The molecule has 0 bridgehead atoms. The summed E-state index contributed by atoms with van der Waals surface area (Å²) < 4.78 is 0. The zero-order valence-corrected chi connectivity index (χ0v) is 15.5. The van der Waals surface area contributed by atoms with Crippen molar-refractivity contribution in [3.63, 3.8) is 0 Å². The highest BCUT2D eigenvalue weighted by Gasteiger charge is 2.59. The Labute approximate surface area is 145 Å². The van der Waals surface area contributed by atoms with Gasteiger partial charge in [0.2, 0.25) is 0 Å². The average Bonchev–Trinajstić information content (AvgIpc) is 2.51. The molecular formula is C20H34O4. The van der Waals surface area contributed by atoms with Crippen molar-refractivity contribution in [2.75, 3.05) is 6.61 Å². The molecule has 7 unspecified atom stereocenters. The maximum atomic E-state index is 10.5. The van der Waals surface area contributed by atoms with Gasteiger partial charge in [-0.2, -0.15) is 0 Å². The number of hydrogen-bond donors (Lipinski definition) is 4. The number of allylic oxidation sites excluding steroid dienone is 1. The van der Waals surface area contributed by atoms with Gasteiger partial charge in [0.25, 0.3) is 0 Å². The second-order valence-electron chi connectivity index (χ2n) is 9.65. The van der Waals surface area contributed by atoms with Gasteiger partial charge in [-0.1, -0.05) is 39.3 Å². The van der Waals surface area contributed by atoms with Crippen molar-refractivity contribution in [3.05, 3.63) is 11.6 Å². The lowest BCUT2D eigenvalue weighted by Crippen LogP contribution is -2.60. The van der Waals surface area contributed by atoms with Crippen LogP contribution in [-0.4, -0.2) is 45.3 Å². The number of aliphatic hydroxyl groups excluding tert-OH is 4. The molecule has 3 rings (SSSR count). The highest BCUT2D eigenvalue weighted by Crippen LogP contribution is 2.63. The molecule has 0 aromatic carbocycles. The molecule has 0 radical (unpaired) electrons. The van der Waals surface area contributed by atoms with Crippen molar-refractivity contribution in [2.24, 2.45) is 28.1 Å². The molecule has 0 saturated heterocycles. The van der Waals surface area contributed by atoms with Crippen molar-refractivity contribution >= 4 is 0 Å². The van der Waals surface area contributed by atoms with Crippen LogP contribution in [0.5, 0.6) is 0 Å². The summed E-state index contributed by atoms with van der Waals surface area (Å²) in [5.74, 6) is 0.786. The minimum absolute atomic E-state index is 0.0161. The van der Waals surface area contributed by atoms with Gasteiger partial charge in [0.1, 0.15) is 0 Å². The first-order valence-electron chi connectivity index (χ1n) is 9.43. The largest absolute Gasteiger partial charge is 0.394 e. The Hall–Kier alpha value is -0.420. The average molecular weight is 338 g/mol. The summed E-state index contributed by atoms with van der Waals surface area (Å²) in [4.78, 5) is 0. The minimum atomic E-state index is -0.716. The van der Waals surface area contributed by atoms with Crippen LogP contribution in [-0.2, 0) is 0 Å². The van der Waals surface area contributed by atoms with Crippen molar-refractivity contribution in [2.45, 2.75) is 78.1 Å². The van der Waals surface area contributed by atoms with Crippen LogP contribution in [0.25, 0.3) is 0 Å². The van der Waals surface area contributed by atoms with E-state index in [1.54, 1.807) is 0 Å². The van der Waals surface area contributed by atoms with Gasteiger partial charge >= 0.3 is 0 Å². The third-order valence-electron chi connectivity index (χ3n) is 7.86. The van der Waals surface area contributed by atoms with Gasteiger partial charge in [-0.25, -0.2) is 0 Å². The highest BCUT2D eigenvalue weighted by molar-refractivity contribution is 5.26. The summed E-state index contributed by atoms with van der Waals surface area (Å²) in [6, 6.07) is 0. The van der Waals surface area contributed by atoms with Gasteiger partial charge < -0.3 is 20.4 Å². The van der Waals surface area contributed by atoms with E-state index in [4.69, 9.17) is 0 Å².